The molecule has 0 fully saturated rings. The van der Waals surface area contributed by atoms with Crippen molar-refractivity contribution in [3.05, 3.63) is 85.5 Å². The molecular weight excluding hydrogens is 512 g/mol. The molecule has 1 unspecified atom stereocenters. The molecule has 3 aromatic heterocycles. The number of nitrogens with zero attached hydrogens (tertiary/aromatic N) is 4. The summed E-state index contributed by atoms with van der Waals surface area (Å²) in [6, 6.07) is 15.8. The third-order valence-corrected chi connectivity index (χ3v) is 9.23. The number of rotatable bonds is 5. The Morgan fingerprint density at radius 3 is 2.69 bits per heavy atom. The van der Waals surface area contributed by atoms with Crippen molar-refractivity contribution in [2.75, 3.05) is 0 Å². The number of benzene rings is 2. The SMILES string of the molecule is Cc1ccc(-n2c(=O)c3c4c(sc3n3c(SCc5ccccc5Cl)nnc23)COC(C(C)C)C4)cc1. The smallest absolute Gasteiger partial charge is 0.268 e. The summed E-state index contributed by atoms with van der Waals surface area (Å²) in [7, 11) is 0. The Morgan fingerprint density at radius 1 is 1.17 bits per heavy atom. The summed E-state index contributed by atoms with van der Waals surface area (Å²) >= 11 is 9.59. The van der Waals surface area contributed by atoms with Crippen LogP contribution in [0.4, 0.5) is 0 Å². The molecule has 0 aliphatic carbocycles. The van der Waals surface area contributed by atoms with E-state index >= 15 is 0 Å². The highest BCUT2D eigenvalue weighted by Crippen LogP contribution is 2.38. The Labute approximate surface area is 221 Å². The van der Waals surface area contributed by atoms with Crippen LogP contribution in [0.1, 0.15) is 35.4 Å². The van der Waals surface area contributed by atoms with Crippen molar-refractivity contribution in [2.24, 2.45) is 5.92 Å². The van der Waals surface area contributed by atoms with Gasteiger partial charge < -0.3 is 4.74 Å². The van der Waals surface area contributed by atoms with Crippen LogP contribution in [-0.2, 0) is 23.5 Å². The van der Waals surface area contributed by atoms with Gasteiger partial charge in [0, 0.05) is 22.1 Å². The largest absolute Gasteiger partial charge is 0.372 e. The van der Waals surface area contributed by atoms with Gasteiger partial charge in [-0.25, -0.2) is 8.97 Å². The number of ether oxygens (including phenoxy) is 1. The van der Waals surface area contributed by atoms with Gasteiger partial charge in [-0.2, -0.15) is 0 Å². The molecular formula is C27H25ClN4O2S2. The lowest BCUT2D eigenvalue weighted by Gasteiger charge is -2.26. The minimum atomic E-state index is -0.0571. The maximum absolute atomic E-state index is 14.1. The summed E-state index contributed by atoms with van der Waals surface area (Å²) in [6.45, 7) is 6.88. The van der Waals surface area contributed by atoms with Crippen LogP contribution in [0.25, 0.3) is 21.7 Å². The number of aromatic nitrogens is 4. The summed E-state index contributed by atoms with van der Waals surface area (Å²) in [5.41, 5.74) is 3.98. The molecule has 1 aliphatic heterocycles. The molecule has 4 heterocycles. The van der Waals surface area contributed by atoms with Crippen molar-refractivity contribution in [3.63, 3.8) is 0 Å². The Hall–Kier alpha value is -2.65. The number of hydrogen-bond donors (Lipinski definition) is 0. The third-order valence-electron chi connectivity index (χ3n) is 6.69. The van der Waals surface area contributed by atoms with E-state index in [1.807, 2.05) is 59.9 Å². The molecule has 1 aliphatic rings. The van der Waals surface area contributed by atoms with Crippen LogP contribution in [0, 0.1) is 12.8 Å². The molecule has 0 bridgehead atoms. The van der Waals surface area contributed by atoms with Crippen LogP contribution >= 0.6 is 34.7 Å². The predicted molar refractivity (Wildman–Crippen MR) is 147 cm³/mol. The second-order valence-corrected chi connectivity index (χ2v) is 11.9. The lowest BCUT2D eigenvalue weighted by atomic mass is 9.96. The summed E-state index contributed by atoms with van der Waals surface area (Å²) < 4.78 is 9.88. The van der Waals surface area contributed by atoms with E-state index in [0.717, 1.165) is 54.1 Å². The number of thioether (sulfide) groups is 1. The molecule has 1 atom stereocenters. The number of halogens is 1. The Morgan fingerprint density at radius 2 is 1.94 bits per heavy atom. The number of thiophene rings is 1. The van der Waals surface area contributed by atoms with Crippen LogP contribution in [0.15, 0.2) is 58.5 Å². The molecule has 0 saturated heterocycles. The normalized spacial score (nSPS) is 15.8. The van der Waals surface area contributed by atoms with E-state index in [-0.39, 0.29) is 11.7 Å². The molecule has 0 N–H and O–H groups in total. The fourth-order valence-corrected chi connectivity index (χ4v) is 7.16. The Bertz CT molecular complexity index is 1650. The summed E-state index contributed by atoms with van der Waals surface area (Å²) in [5.74, 6) is 1.53. The van der Waals surface area contributed by atoms with Gasteiger partial charge in [0.15, 0.2) is 5.16 Å². The lowest BCUT2D eigenvalue weighted by Crippen LogP contribution is -2.28. The summed E-state index contributed by atoms with van der Waals surface area (Å²) in [4.78, 5) is 16.1. The van der Waals surface area contributed by atoms with Crippen molar-refractivity contribution >= 4 is 50.7 Å². The van der Waals surface area contributed by atoms with Gasteiger partial charge in [0.25, 0.3) is 5.56 Å². The van der Waals surface area contributed by atoms with E-state index < -0.39 is 0 Å². The van der Waals surface area contributed by atoms with E-state index in [1.54, 1.807) is 27.7 Å². The Balaban J connectivity index is 1.59. The van der Waals surface area contributed by atoms with E-state index in [0.29, 0.717) is 24.1 Å². The number of hydrogen-bond acceptors (Lipinski definition) is 6. The molecule has 6 nitrogen and oxygen atoms in total. The van der Waals surface area contributed by atoms with Gasteiger partial charge in [0.2, 0.25) is 5.78 Å². The number of fused-ring (bicyclic) bond motifs is 5. The van der Waals surface area contributed by atoms with Crippen LogP contribution < -0.4 is 5.56 Å². The monoisotopic (exact) mass is 536 g/mol. The zero-order chi connectivity index (χ0) is 25.0. The summed E-state index contributed by atoms with van der Waals surface area (Å²) in [6.07, 6.45) is 0.819. The second-order valence-electron chi connectivity index (χ2n) is 9.46. The second kappa shape index (κ2) is 9.34. The van der Waals surface area contributed by atoms with Gasteiger partial charge >= 0.3 is 0 Å². The first-order chi connectivity index (χ1) is 17.4. The van der Waals surface area contributed by atoms with Gasteiger partial charge in [-0.15, -0.1) is 21.5 Å². The average Bonchev–Trinajstić information content (AvgIpc) is 3.46. The average molecular weight is 537 g/mol. The van der Waals surface area contributed by atoms with Gasteiger partial charge in [-0.05, 0) is 42.2 Å². The van der Waals surface area contributed by atoms with E-state index in [4.69, 9.17) is 16.3 Å². The van der Waals surface area contributed by atoms with E-state index in [1.165, 1.54) is 0 Å². The molecule has 0 amide bonds. The molecule has 0 radical (unpaired) electrons. The standard InChI is InChI=1S/C27H25ClN4O2S2/c1-15(2)21-12-19-22(13-34-21)36-25-23(19)24(33)31(18-10-8-16(3)9-11-18)26-29-30-27(32(25)26)35-14-17-6-4-5-7-20(17)28/h4-11,15,21H,12-14H2,1-3H3. The topological polar surface area (TPSA) is 61.4 Å². The highest BCUT2D eigenvalue weighted by Gasteiger charge is 2.30. The highest BCUT2D eigenvalue weighted by molar-refractivity contribution is 7.98. The van der Waals surface area contributed by atoms with Gasteiger partial charge in [0.05, 0.1) is 23.8 Å². The maximum atomic E-state index is 14.1. The van der Waals surface area contributed by atoms with Crippen LogP contribution in [0.5, 0.6) is 0 Å². The number of aryl methyl sites for hydroxylation is 1. The minimum Gasteiger partial charge on any atom is -0.372 e. The van der Waals surface area contributed by atoms with E-state index in [2.05, 4.69) is 24.0 Å². The maximum Gasteiger partial charge on any atom is 0.268 e. The molecule has 0 spiro atoms. The minimum absolute atomic E-state index is 0.0571. The van der Waals surface area contributed by atoms with Crippen molar-refractivity contribution < 1.29 is 4.74 Å². The molecule has 0 saturated carbocycles. The van der Waals surface area contributed by atoms with Crippen LogP contribution in [0.2, 0.25) is 5.02 Å². The van der Waals surface area contributed by atoms with Crippen molar-refractivity contribution in [1.29, 1.82) is 0 Å². The first kappa shape index (κ1) is 23.7. The fraction of sp³-hybridized carbons (Fsp3) is 0.296. The summed E-state index contributed by atoms with van der Waals surface area (Å²) in [5, 5.41) is 11.2. The zero-order valence-electron chi connectivity index (χ0n) is 20.2. The first-order valence-electron chi connectivity index (χ1n) is 11.9. The fourth-order valence-electron chi connectivity index (χ4n) is 4.64. The van der Waals surface area contributed by atoms with Gasteiger partial charge in [-0.1, -0.05) is 73.1 Å². The zero-order valence-corrected chi connectivity index (χ0v) is 22.6. The molecule has 36 heavy (non-hydrogen) atoms. The molecule has 9 heteroatoms. The molecule has 5 aromatic rings. The third kappa shape index (κ3) is 3.96. The highest BCUT2D eigenvalue weighted by atomic mass is 35.5. The van der Waals surface area contributed by atoms with Gasteiger partial charge in [-0.3, -0.25) is 4.79 Å². The molecule has 184 valence electrons. The lowest BCUT2D eigenvalue weighted by molar-refractivity contribution is 0.00200. The molecule has 2 aromatic carbocycles. The first-order valence-corrected chi connectivity index (χ1v) is 14.1. The molecule has 6 rings (SSSR count). The Kier molecular flexibility index (Phi) is 6.16. The van der Waals surface area contributed by atoms with Crippen LogP contribution in [-0.4, -0.2) is 25.3 Å². The predicted octanol–water partition coefficient (Wildman–Crippen LogP) is 6.45. The van der Waals surface area contributed by atoms with Crippen molar-refractivity contribution in [3.8, 4) is 5.69 Å². The van der Waals surface area contributed by atoms with E-state index in [9.17, 15) is 4.79 Å². The van der Waals surface area contributed by atoms with Crippen molar-refractivity contribution in [1.82, 2.24) is 19.2 Å². The van der Waals surface area contributed by atoms with Crippen molar-refractivity contribution in [2.45, 2.75) is 50.8 Å². The van der Waals surface area contributed by atoms with Crippen LogP contribution in [0.3, 0.4) is 0 Å². The quantitative estimate of drug-likeness (QED) is 0.242. The van der Waals surface area contributed by atoms with Gasteiger partial charge in [0.1, 0.15) is 4.83 Å².